The molecule has 0 unspecified atom stereocenters. The highest BCUT2D eigenvalue weighted by atomic mass is 79.9. The van der Waals surface area contributed by atoms with Crippen LogP contribution in [0.1, 0.15) is 5.69 Å². The zero-order valence-corrected chi connectivity index (χ0v) is 11.1. The van der Waals surface area contributed by atoms with Crippen molar-refractivity contribution >= 4 is 38.9 Å². The van der Waals surface area contributed by atoms with Gasteiger partial charge in [-0.05, 0) is 40.2 Å². The highest BCUT2D eigenvalue weighted by Gasteiger charge is 2.09. The standard InChI is InChI=1S/C10H7BrClNO2S/c11-9-8(5-14)13-10(16-9)15-7-3-1-6(12)2-4-7/h1-4,14H,5H2. The van der Waals surface area contributed by atoms with Gasteiger partial charge in [0.25, 0.3) is 5.19 Å². The van der Waals surface area contributed by atoms with Crippen molar-refractivity contribution in [1.82, 2.24) is 4.98 Å². The number of aliphatic hydroxyl groups is 1. The van der Waals surface area contributed by atoms with Crippen LogP contribution in [-0.2, 0) is 6.61 Å². The third-order valence-corrected chi connectivity index (χ3v) is 3.76. The molecule has 0 aliphatic carbocycles. The van der Waals surface area contributed by atoms with E-state index in [4.69, 9.17) is 21.4 Å². The van der Waals surface area contributed by atoms with E-state index >= 15 is 0 Å². The van der Waals surface area contributed by atoms with Crippen LogP contribution >= 0.6 is 38.9 Å². The van der Waals surface area contributed by atoms with E-state index in [-0.39, 0.29) is 6.61 Å². The summed E-state index contributed by atoms with van der Waals surface area (Å²) in [6.45, 7) is -0.110. The van der Waals surface area contributed by atoms with Crippen molar-refractivity contribution in [3.63, 3.8) is 0 Å². The molecule has 0 saturated heterocycles. The molecule has 0 bridgehead atoms. The molecule has 1 N–H and O–H groups in total. The smallest absolute Gasteiger partial charge is 0.280 e. The van der Waals surface area contributed by atoms with Gasteiger partial charge < -0.3 is 9.84 Å². The van der Waals surface area contributed by atoms with Gasteiger partial charge in [0.15, 0.2) is 0 Å². The van der Waals surface area contributed by atoms with Crippen LogP contribution in [0.25, 0.3) is 0 Å². The van der Waals surface area contributed by atoms with Crippen molar-refractivity contribution in [2.75, 3.05) is 0 Å². The minimum atomic E-state index is -0.110. The van der Waals surface area contributed by atoms with Gasteiger partial charge in [0.1, 0.15) is 5.75 Å². The Morgan fingerprint density at radius 2 is 2.06 bits per heavy atom. The van der Waals surface area contributed by atoms with Crippen molar-refractivity contribution < 1.29 is 9.84 Å². The summed E-state index contributed by atoms with van der Waals surface area (Å²) >= 11 is 10.4. The zero-order chi connectivity index (χ0) is 11.5. The summed E-state index contributed by atoms with van der Waals surface area (Å²) in [5.74, 6) is 0.662. The van der Waals surface area contributed by atoms with Gasteiger partial charge in [-0.2, -0.15) is 0 Å². The summed E-state index contributed by atoms with van der Waals surface area (Å²) in [5, 5.41) is 10.1. The molecule has 1 aromatic carbocycles. The molecule has 6 heteroatoms. The Hall–Kier alpha value is -0.620. The van der Waals surface area contributed by atoms with Crippen molar-refractivity contribution in [3.05, 3.63) is 38.8 Å². The SMILES string of the molecule is OCc1nc(Oc2ccc(Cl)cc2)sc1Br. The van der Waals surface area contributed by atoms with Crippen LogP contribution < -0.4 is 4.74 Å². The van der Waals surface area contributed by atoms with E-state index in [2.05, 4.69) is 20.9 Å². The first-order chi connectivity index (χ1) is 7.69. The zero-order valence-electron chi connectivity index (χ0n) is 7.98. The van der Waals surface area contributed by atoms with Crippen LogP contribution in [0.15, 0.2) is 28.1 Å². The molecule has 16 heavy (non-hydrogen) atoms. The van der Waals surface area contributed by atoms with Gasteiger partial charge in [-0.3, -0.25) is 0 Å². The molecule has 2 aromatic rings. The first-order valence-electron chi connectivity index (χ1n) is 4.38. The third kappa shape index (κ3) is 2.74. The van der Waals surface area contributed by atoms with Crippen molar-refractivity contribution in [3.8, 4) is 10.9 Å². The fourth-order valence-corrected chi connectivity index (χ4v) is 2.49. The normalized spacial score (nSPS) is 10.4. The molecule has 1 heterocycles. The van der Waals surface area contributed by atoms with Crippen molar-refractivity contribution in [1.29, 1.82) is 0 Å². The molecule has 84 valence electrons. The van der Waals surface area contributed by atoms with E-state index in [1.807, 2.05) is 0 Å². The number of aromatic nitrogens is 1. The number of nitrogens with zero attached hydrogens (tertiary/aromatic N) is 1. The Labute approximate surface area is 110 Å². The monoisotopic (exact) mass is 319 g/mol. The summed E-state index contributed by atoms with van der Waals surface area (Å²) < 4.78 is 6.28. The number of thiazole rings is 1. The predicted octanol–water partition coefficient (Wildman–Crippen LogP) is 3.84. The molecule has 0 saturated carbocycles. The molecular formula is C10H7BrClNO2S. The second kappa shape index (κ2) is 5.14. The van der Waals surface area contributed by atoms with Crippen LogP contribution in [0.3, 0.4) is 0 Å². The van der Waals surface area contributed by atoms with Gasteiger partial charge in [-0.25, -0.2) is 4.98 Å². The van der Waals surface area contributed by atoms with Gasteiger partial charge in [0.2, 0.25) is 0 Å². The Balaban J connectivity index is 2.17. The minimum absolute atomic E-state index is 0.110. The number of hydrogen-bond acceptors (Lipinski definition) is 4. The summed E-state index contributed by atoms with van der Waals surface area (Å²) in [6.07, 6.45) is 0. The highest BCUT2D eigenvalue weighted by molar-refractivity contribution is 9.11. The van der Waals surface area contributed by atoms with Crippen LogP contribution in [0, 0.1) is 0 Å². The van der Waals surface area contributed by atoms with Gasteiger partial charge in [-0.15, -0.1) is 0 Å². The summed E-state index contributed by atoms with van der Waals surface area (Å²) in [5.41, 5.74) is 0.578. The molecule has 0 fully saturated rings. The van der Waals surface area contributed by atoms with Gasteiger partial charge in [0.05, 0.1) is 16.1 Å². The van der Waals surface area contributed by atoms with Gasteiger partial charge in [0, 0.05) is 5.02 Å². The Morgan fingerprint density at radius 3 is 2.62 bits per heavy atom. The molecule has 0 amide bonds. The third-order valence-electron chi connectivity index (χ3n) is 1.80. The quantitative estimate of drug-likeness (QED) is 0.934. The maximum Gasteiger partial charge on any atom is 0.280 e. The van der Waals surface area contributed by atoms with Crippen LogP contribution in [0.2, 0.25) is 5.02 Å². The lowest BCUT2D eigenvalue weighted by atomic mass is 10.3. The molecule has 1 aromatic heterocycles. The number of hydrogen-bond donors (Lipinski definition) is 1. The average Bonchev–Trinajstić information content (AvgIpc) is 2.62. The van der Waals surface area contributed by atoms with E-state index < -0.39 is 0 Å². The Bertz CT molecular complexity index is 486. The number of aliphatic hydroxyl groups excluding tert-OH is 1. The average molecular weight is 321 g/mol. The number of benzene rings is 1. The molecule has 0 aliphatic heterocycles. The Morgan fingerprint density at radius 1 is 1.38 bits per heavy atom. The number of ether oxygens (including phenoxy) is 1. The number of halogens is 2. The lowest BCUT2D eigenvalue weighted by molar-refractivity contribution is 0.276. The molecular weight excluding hydrogens is 314 g/mol. The largest absolute Gasteiger partial charge is 0.431 e. The molecule has 0 radical (unpaired) electrons. The topological polar surface area (TPSA) is 42.4 Å². The van der Waals surface area contributed by atoms with Gasteiger partial charge >= 0.3 is 0 Å². The first kappa shape index (κ1) is 11.9. The molecule has 3 nitrogen and oxygen atoms in total. The highest BCUT2D eigenvalue weighted by Crippen LogP contribution is 2.33. The summed E-state index contributed by atoms with van der Waals surface area (Å²) in [7, 11) is 0. The lowest BCUT2D eigenvalue weighted by Crippen LogP contribution is -1.86. The lowest BCUT2D eigenvalue weighted by Gasteiger charge is -2.00. The van der Waals surface area contributed by atoms with Crippen molar-refractivity contribution in [2.45, 2.75) is 6.61 Å². The fraction of sp³-hybridized carbons (Fsp3) is 0.100. The van der Waals surface area contributed by atoms with Crippen LogP contribution in [-0.4, -0.2) is 10.1 Å². The molecule has 0 aliphatic rings. The van der Waals surface area contributed by atoms with E-state index in [1.54, 1.807) is 24.3 Å². The first-order valence-corrected chi connectivity index (χ1v) is 6.37. The summed E-state index contributed by atoms with van der Waals surface area (Å²) in [6, 6.07) is 7.01. The van der Waals surface area contributed by atoms with Gasteiger partial charge in [-0.1, -0.05) is 22.9 Å². The summed E-state index contributed by atoms with van der Waals surface area (Å²) in [4.78, 5) is 4.11. The van der Waals surface area contributed by atoms with E-state index in [9.17, 15) is 0 Å². The van der Waals surface area contributed by atoms with E-state index in [0.717, 1.165) is 3.79 Å². The minimum Gasteiger partial charge on any atom is -0.431 e. The number of rotatable bonds is 3. The van der Waals surface area contributed by atoms with Crippen LogP contribution in [0.4, 0.5) is 0 Å². The maximum atomic E-state index is 8.98. The van der Waals surface area contributed by atoms with E-state index in [0.29, 0.717) is 21.7 Å². The second-order valence-corrected chi connectivity index (χ2v) is 5.63. The maximum absolute atomic E-state index is 8.98. The van der Waals surface area contributed by atoms with Crippen LogP contribution in [0.5, 0.6) is 10.9 Å². The predicted molar refractivity (Wildman–Crippen MR) is 67.3 cm³/mol. The fourth-order valence-electron chi connectivity index (χ4n) is 1.06. The van der Waals surface area contributed by atoms with E-state index in [1.165, 1.54) is 11.3 Å². The van der Waals surface area contributed by atoms with Crippen molar-refractivity contribution in [2.24, 2.45) is 0 Å². The second-order valence-electron chi connectivity index (χ2n) is 2.91. The molecule has 0 atom stereocenters. The molecule has 0 spiro atoms. The Kier molecular flexibility index (Phi) is 3.81. The molecule has 2 rings (SSSR count).